The molecule has 1 amide bonds. The number of hydrogen-bond donors (Lipinski definition) is 0. The summed E-state index contributed by atoms with van der Waals surface area (Å²) < 4.78 is 32.0. The van der Waals surface area contributed by atoms with Gasteiger partial charge in [-0.25, -0.2) is 0 Å². The van der Waals surface area contributed by atoms with Gasteiger partial charge in [-0.05, 0) is 0 Å². The molecule has 1 rings (SSSR count). The Morgan fingerprint density at radius 1 is 0.739 bits per heavy atom. The van der Waals surface area contributed by atoms with Gasteiger partial charge in [-0.15, -0.1) is 0 Å². The summed E-state index contributed by atoms with van der Waals surface area (Å²) in [7, 11) is 1.51. The molecule has 0 spiro atoms. The molecule has 23 heavy (non-hydrogen) atoms. The minimum Gasteiger partial charge on any atom is -0.377 e. The molecule has 0 aromatic carbocycles. The normalized spacial score (nSPS) is 21.3. The van der Waals surface area contributed by atoms with Crippen LogP contribution in [0.1, 0.15) is 0 Å². The summed E-state index contributed by atoms with van der Waals surface area (Å²) in [4.78, 5) is 13.6. The van der Waals surface area contributed by atoms with E-state index in [0.717, 1.165) is 0 Å². The summed E-state index contributed by atoms with van der Waals surface area (Å²) in [5.74, 6) is -0.0706. The van der Waals surface area contributed by atoms with E-state index in [2.05, 4.69) is 0 Å². The van der Waals surface area contributed by atoms with Gasteiger partial charge in [0.25, 0.3) is 0 Å². The highest BCUT2D eigenvalue weighted by Gasteiger charge is 2.12. The Kier molecular flexibility index (Phi) is 13.0. The zero-order valence-corrected chi connectivity index (χ0v) is 14.0. The third-order valence-electron chi connectivity index (χ3n) is 3.12. The molecule has 0 N–H and O–H groups in total. The molecule has 8 nitrogen and oxygen atoms in total. The summed E-state index contributed by atoms with van der Waals surface area (Å²) in [5, 5.41) is 0. The number of hydrogen-bond acceptors (Lipinski definition) is 7. The number of rotatable bonds is 2. The van der Waals surface area contributed by atoms with Crippen LogP contribution in [-0.4, -0.2) is 104 Å². The van der Waals surface area contributed by atoms with Crippen LogP contribution in [0.4, 0.5) is 0 Å². The zero-order chi connectivity index (χ0) is 16.6. The maximum atomic E-state index is 11.9. The Morgan fingerprint density at radius 2 is 1.09 bits per heavy atom. The van der Waals surface area contributed by atoms with Gasteiger partial charge in [0.1, 0.15) is 6.61 Å². The third kappa shape index (κ3) is 11.4. The summed E-state index contributed by atoms with van der Waals surface area (Å²) in [6.45, 7) is 6.13. The van der Waals surface area contributed by atoms with E-state index in [1.165, 1.54) is 7.11 Å². The van der Waals surface area contributed by atoms with Gasteiger partial charge in [0.2, 0.25) is 5.91 Å². The first-order chi connectivity index (χ1) is 11.3. The van der Waals surface area contributed by atoms with Crippen LogP contribution in [0.5, 0.6) is 0 Å². The van der Waals surface area contributed by atoms with Crippen molar-refractivity contribution in [3.8, 4) is 0 Å². The number of methoxy groups -OCH3 is 1. The number of carbonyl (C=O) groups excluding carboxylic acids is 1. The fraction of sp³-hybridized carbons (Fsp3) is 0.933. The van der Waals surface area contributed by atoms with Crippen molar-refractivity contribution in [1.82, 2.24) is 4.90 Å². The highest BCUT2D eigenvalue weighted by atomic mass is 16.6. The maximum absolute atomic E-state index is 11.9. The Morgan fingerprint density at radius 3 is 1.43 bits per heavy atom. The van der Waals surface area contributed by atoms with E-state index in [0.29, 0.717) is 79.2 Å². The van der Waals surface area contributed by atoms with Gasteiger partial charge in [0.05, 0.1) is 66.1 Å². The maximum Gasteiger partial charge on any atom is 0.248 e. The number of amides is 1. The second kappa shape index (κ2) is 14.8. The fourth-order valence-corrected chi connectivity index (χ4v) is 1.91. The monoisotopic (exact) mass is 335 g/mol. The average molecular weight is 335 g/mol. The molecule has 1 aliphatic heterocycles. The number of carbonyl (C=O) groups is 1. The molecule has 1 saturated heterocycles. The summed E-state index contributed by atoms with van der Waals surface area (Å²) in [5.41, 5.74) is 0. The van der Waals surface area contributed by atoms with E-state index in [9.17, 15) is 4.79 Å². The van der Waals surface area contributed by atoms with Gasteiger partial charge in [0, 0.05) is 20.2 Å². The predicted octanol–water partition coefficient (Wildman–Crippen LogP) is -0.442. The van der Waals surface area contributed by atoms with Crippen LogP contribution >= 0.6 is 0 Å². The van der Waals surface area contributed by atoms with E-state index < -0.39 is 0 Å². The molecule has 1 aliphatic rings. The molecule has 1 fully saturated rings. The highest BCUT2D eigenvalue weighted by Crippen LogP contribution is 1.94. The average Bonchev–Trinajstić information content (AvgIpc) is 2.55. The van der Waals surface area contributed by atoms with Gasteiger partial charge >= 0.3 is 0 Å². The lowest BCUT2D eigenvalue weighted by atomic mass is 10.4. The third-order valence-corrected chi connectivity index (χ3v) is 3.12. The Balaban J connectivity index is 2.31. The molecule has 0 aliphatic carbocycles. The van der Waals surface area contributed by atoms with E-state index in [1.54, 1.807) is 4.90 Å². The minimum absolute atomic E-state index is 0.0617. The van der Waals surface area contributed by atoms with Crippen molar-refractivity contribution in [3.63, 3.8) is 0 Å². The van der Waals surface area contributed by atoms with Crippen molar-refractivity contribution in [1.29, 1.82) is 0 Å². The minimum atomic E-state index is -0.0706. The topological polar surface area (TPSA) is 75.7 Å². The molecule has 8 heteroatoms. The first-order valence-electron chi connectivity index (χ1n) is 8.00. The molecule has 0 radical (unpaired) electrons. The predicted molar refractivity (Wildman–Crippen MR) is 82.6 cm³/mol. The Labute approximate surface area is 137 Å². The van der Waals surface area contributed by atoms with Crippen LogP contribution < -0.4 is 0 Å². The van der Waals surface area contributed by atoms with Crippen molar-refractivity contribution < 1.29 is 33.2 Å². The van der Waals surface area contributed by atoms with Gasteiger partial charge in [-0.1, -0.05) is 0 Å². The smallest absolute Gasteiger partial charge is 0.248 e. The summed E-state index contributed by atoms with van der Waals surface area (Å²) >= 11 is 0. The molecular weight excluding hydrogens is 306 g/mol. The molecular formula is C15H29NO7. The van der Waals surface area contributed by atoms with Gasteiger partial charge in [-0.2, -0.15) is 0 Å². The quantitative estimate of drug-likeness (QED) is 0.677. The second-order valence-electron chi connectivity index (χ2n) is 4.88. The van der Waals surface area contributed by atoms with Crippen LogP contribution in [0, 0.1) is 0 Å². The van der Waals surface area contributed by atoms with Crippen molar-refractivity contribution in [2.75, 3.05) is 92.9 Å². The van der Waals surface area contributed by atoms with Crippen molar-refractivity contribution in [2.45, 2.75) is 0 Å². The van der Waals surface area contributed by atoms with Crippen LogP contribution in [0.3, 0.4) is 0 Å². The van der Waals surface area contributed by atoms with Crippen LogP contribution in [-0.2, 0) is 33.2 Å². The van der Waals surface area contributed by atoms with Crippen molar-refractivity contribution in [3.05, 3.63) is 0 Å². The Bertz CT molecular complexity index is 273. The molecule has 0 unspecified atom stereocenters. The van der Waals surface area contributed by atoms with E-state index in [1.807, 2.05) is 0 Å². The standard InChI is InChI=1S/C15H29NO7/c1-18-14-15(17)16-2-4-19-6-8-21-10-12-23-13-11-22-9-7-20-5-3-16/h2-14H2,1H3. The lowest BCUT2D eigenvalue weighted by molar-refractivity contribution is -0.137. The summed E-state index contributed by atoms with van der Waals surface area (Å²) in [6, 6.07) is 0. The SMILES string of the molecule is COCC(=O)N1CCOCCOCCOCCOCCOCC1. The largest absolute Gasteiger partial charge is 0.377 e. The molecule has 0 aromatic heterocycles. The van der Waals surface area contributed by atoms with Crippen LogP contribution in [0.15, 0.2) is 0 Å². The first-order valence-corrected chi connectivity index (χ1v) is 8.00. The molecule has 0 bridgehead atoms. The first kappa shape index (κ1) is 20.3. The zero-order valence-electron chi connectivity index (χ0n) is 14.0. The second-order valence-corrected chi connectivity index (χ2v) is 4.88. The molecule has 136 valence electrons. The lowest BCUT2D eigenvalue weighted by Crippen LogP contribution is -2.39. The summed E-state index contributed by atoms with van der Waals surface area (Å²) in [6.07, 6.45) is 0. The van der Waals surface area contributed by atoms with Crippen molar-refractivity contribution in [2.24, 2.45) is 0 Å². The molecule has 0 saturated carbocycles. The van der Waals surface area contributed by atoms with E-state index >= 15 is 0 Å². The van der Waals surface area contributed by atoms with Gasteiger partial charge < -0.3 is 33.3 Å². The highest BCUT2D eigenvalue weighted by molar-refractivity contribution is 5.77. The van der Waals surface area contributed by atoms with Gasteiger partial charge in [-0.3, -0.25) is 4.79 Å². The molecule has 0 aromatic rings. The molecule has 0 atom stereocenters. The Hall–Kier alpha value is -0.770. The van der Waals surface area contributed by atoms with E-state index in [-0.39, 0.29) is 12.5 Å². The number of nitrogens with zero attached hydrogens (tertiary/aromatic N) is 1. The lowest BCUT2D eigenvalue weighted by Gasteiger charge is -2.22. The van der Waals surface area contributed by atoms with Gasteiger partial charge in [0.15, 0.2) is 0 Å². The fourth-order valence-electron chi connectivity index (χ4n) is 1.91. The van der Waals surface area contributed by atoms with E-state index in [4.69, 9.17) is 28.4 Å². The van der Waals surface area contributed by atoms with Crippen LogP contribution in [0.2, 0.25) is 0 Å². The number of ether oxygens (including phenoxy) is 6. The van der Waals surface area contributed by atoms with Crippen LogP contribution in [0.25, 0.3) is 0 Å². The molecule has 1 heterocycles. The van der Waals surface area contributed by atoms with Crippen molar-refractivity contribution >= 4 is 5.91 Å².